The van der Waals surface area contributed by atoms with Crippen molar-refractivity contribution >= 4 is 11.9 Å². The van der Waals surface area contributed by atoms with Gasteiger partial charge in [0.25, 0.3) is 5.91 Å². The second kappa shape index (κ2) is 9.59. The van der Waals surface area contributed by atoms with Crippen molar-refractivity contribution in [3.8, 4) is 5.75 Å². The van der Waals surface area contributed by atoms with E-state index in [9.17, 15) is 13.6 Å². The van der Waals surface area contributed by atoms with E-state index in [0.717, 1.165) is 55.5 Å². The summed E-state index contributed by atoms with van der Waals surface area (Å²) in [6, 6.07) is 4.63. The van der Waals surface area contributed by atoms with Crippen LogP contribution in [0, 0.1) is 5.82 Å². The van der Waals surface area contributed by atoms with Gasteiger partial charge in [0.2, 0.25) is 12.8 Å². The number of rotatable bonds is 5. The highest BCUT2D eigenvalue weighted by Gasteiger charge is 2.29. The summed E-state index contributed by atoms with van der Waals surface area (Å²) in [6.07, 6.45) is 7.19. The van der Waals surface area contributed by atoms with Gasteiger partial charge < -0.3 is 14.5 Å². The number of carbonyl (C=O) groups excluding carboxylic acids is 1. The van der Waals surface area contributed by atoms with E-state index in [4.69, 9.17) is 4.98 Å². The van der Waals surface area contributed by atoms with Gasteiger partial charge in [0, 0.05) is 63.5 Å². The van der Waals surface area contributed by atoms with Crippen LogP contribution in [0.25, 0.3) is 0 Å². The first kappa shape index (κ1) is 22.0. The average Bonchev–Trinajstić information content (AvgIpc) is 3.01. The number of hydrogen-bond donors (Lipinski definition) is 0. The van der Waals surface area contributed by atoms with E-state index in [-0.39, 0.29) is 17.2 Å². The molecular formula is C24H29F2N5O2. The van der Waals surface area contributed by atoms with Crippen molar-refractivity contribution in [2.45, 2.75) is 38.1 Å². The van der Waals surface area contributed by atoms with Crippen LogP contribution in [0.4, 0.5) is 14.7 Å². The van der Waals surface area contributed by atoms with Crippen LogP contribution >= 0.6 is 0 Å². The summed E-state index contributed by atoms with van der Waals surface area (Å²) in [7, 11) is 0. The van der Waals surface area contributed by atoms with Crippen molar-refractivity contribution in [3.63, 3.8) is 0 Å². The minimum Gasteiger partial charge on any atom is -0.460 e. The van der Waals surface area contributed by atoms with E-state index in [1.54, 1.807) is 4.90 Å². The monoisotopic (exact) mass is 457 g/mol. The molecule has 5 rings (SSSR count). The van der Waals surface area contributed by atoms with Crippen molar-refractivity contribution in [1.29, 1.82) is 0 Å². The van der Waals surface area contributed by atoms with Gasteiger partial charge in [0.15, 0.2) is 11.6 Å². The molecule has 3 heterocycles. The summed E-state index contributed by atoms with van der Waals surface area (Å²) in [6.45, 7) is 3.88. The van der Waals surface area contributed by atoms with Crippen LogP contribution in [0.15, 0.2) is 24.4 Å². The fraction of sp³-hybridized carbons (Fsp3) is 0.542. The van der Waals surface area contributed by atoms with E-state index < -0.39 is 12.7 Å². The molecule has 1 saturated carbocycles. The third-order valence-corrected chi connectivity index (χ3v) is 7.08. The van der Waals surface area contributed by atoms with Gasteiger partial charge in [-0.3, -0.25) is 9.69 Å². The maximum atomic E-state index is 14.1. The molecule has 1 aromatic carbocycles. The number of piperazine rings is 1. The molecule has 7 nitrogen and oxygen atoms in total. The van der Waals surface area contributed by atoms with Crippen LogP contribution in [0.1, 0.15) is 40.9 Å². The molecule has 2 aliphatic heterocycles. The second-order valence-electron chi connectivity index (χ2n) is 8.94. The number of ether oxygens (including phenoxy) is 1. The molecule has 1 amide bonds. The standard InChI is InChI=1S/C24H29F2N5O2/c25-16-33-22-5-4-17(14-20(22)26)23(32)30-8-6-18-15-27-24(28-21(18)7-9-30)31-12-10-29(11-13-31)19-2-1-3-19/h4-5,14-15,19H,1-3,6-13,16H2. The molecule has 0 unspecified atom stereocenters. The van der Waals surface area contributed by atoms with Crippen molar-refractivity contribution in [1.82, 2.24) is 19.8 Å². The number of amides is 1. The van der Waals surface area contributed by atoms with E-state index in [0.29, 0.717) is 25.9 Å². The molecule has 1 saturated heterocycles. The number of fused-ring (bicyclic) bond motifs is 1. The van der Waals surface area contributed by atoms with Crippen molar-refractivity contribution < 1.29 is 18.3 Å². The Morgan fingerprint density at radius 3 is 2.58 bits per heavy atom. The molecule has 2 fully saturated rings. The largest absolute Gasteiger partial charge is 0.460 e. The molecule has 0 radical (unpaired) electrons. The summed E-state index contributed by atoms with van der Waals surface area (Å²) in [5, 5.41) is 0. The highest BCUT2D eigenvalue weighted by molar-refractivity contribution is 5.94. The summed E-state index contributed by atoms with van der Waals surface area (Å²) >= 11 is 0. The first-order valence-electron chi connectivity index (χ1n) is 11.7. The molecule has 2 aromatic rings. The molecule has 1 aliphatic carbocycles. The zero-order valence-corrected chi connectivity index (χ0v) is 18.7. The van der Waals surface area contributed by atoms with Crippen LogP contribution in [0.5, 0.6) is 5.75 Å². The molecule has 0 spiro atoms. The highest BCUT2D eigenvalue weighted by Crippen LogP contribution is 2.27. The molecule has 0 N–H and O–H groups in total. The van der Waals surface area contributed by atoms with Crippen LogP contribution in [-0.4, -0.2) is 77.8 Å². The third-order valence-electron chi connectivity index (χ3n) is 7.08. The molecule has 9 heteroatoms. The minimum absolute atomic E-state index is 0.200. The average molecular weight is 458 g/mol. The number of halogens is 2. The molecule has 1 aromatic heterocycles. The van der Waals surface area contributed by atoms with E-state index in [1.807, 2.05) is 6.20 Å². The zero-order chi connectivity index (χ0) is 22.8. The normalized spacial score (nSPS) is 19.6. The Labute approximate surface area is 192 Å². The SMILES string of the molecule is O=C(c1ccc(OCF)c(F)c1)N1CCc2cnc(N3CCN(C4CCC4)CC3)nc2CC1. The van der Waals surface area contributed by atoms with Gasteiger partial charge in [-0.05, 0) is 43.0 Å². The Morgan fingerprint density at radius 2 is 1.88 bits per heavy atom. The fourth-order valence-corrected chi connectivity index (χ4v) is 4.85. The highest BCUT2D eigenvalue weighted by atomic mass is 19.1. The van der Waals surface area contributed by atoms with Gasteiger partial charge >= 0.3 is 0 Å². The maximum absolute atomic E-state index is 14.1. The number of aromatic nitrogens is 2. The number of hydrogen-bond acceptors (Lipinski definition) is 6. The van der Waals surface area contributed by atoms with E-state index in [2.05, 4.69) is 19.5 Å². The summed E-state index contributed by atoms with van der Waals surface area (Å²) in [4.78, 5) is 29.0. The summed E-state index contributed by atoms with van der Waals surface area (Å²) in [5.41, 5.74) is 2.26. The van der Waals surface area contributed by atoms with Gasteiger partial charge in [-0.1, -0.05) is 6.42 Å². The second-order valence-corrected chi connectivity index (χ2v) is 8.94. The Bertz CT molecular complexity index is 1010. The molecular weight excluding hydrogens is 428 g/mol. The van der Waals surface area contributed by atoms with Crippen molar-refractivity contribution in [2.75, 3.05) is 51.0 Å². The number of alkyl halides is 1. The first-order chi connectivity index (χ1) is 16.1. The quantitative estimate of drug-likeness (QED) is 0.688. The summed E-state index contributed by atoms with van der Waals surface area (Å²) < 4.78 is 31.0. The predicted molar refractivity (Wildman–Crippen MR) is 120 cm³/mol. The lowest BCUT2D eigenvalue weighted by molar-refractivity contribution is 0.0762. The third kappa shape index (κ3) is 4.64. The van der Waals surface area contributed by atoms with Crippen molar-refractivity contribution in [3.05, 3.63) is 47.0 Å². The topological polar surface area (TPSA) is 61.8 Å². The van der Waals surface area contributed by atoms with Gasteiger partial charge in [-0.2, -0.15) is 0 Å². The Balaban J connectivity index is 1.22. The Morgan fingerprint density at radius 1 is 1.09 bits per heavy atom. The van der Waals surface area contributed by atoms with Crippen LogP contribution in [0.3, 0.4) is 0 Å². The molecule has 176 valence electrons. The summed E-state index contributed by atoms with van der Waals surface area (Å²) in [5.74, 6) is -0.431. The smallest absolute Gasteiger partial charge is 0.253 e. The number of anilines is 1. The molecule has 33 heavy (non-hydrogen) atoms. The van der Waals surface area contributed by atoms with E-state index in [1.165, 1.54) is 31.4 Å². The van der Waals surface area contributed by atoms with E-state index >= 15 is 0 Å². The maximum Gasteiger partial charge on any atom is 0.253 e. The van der Waals surface area contributed by atoms with Crippen LogP contribution in [0.2, 0.25) is 0 Å². The molecule has 0 bridgehead atoms. The number of benzene rings is 1. The van der Waals surface area contributed by atoms with Crippen molar-refractivity contribution in [2.24, 2.45) is 0 Å². The lowest BCUT2D eigenvalue weighted by Crippen LogP contribution is -2.52. The molecule has 3 aliphatic rings. The fourth-order valence-electron chi connectivity index (χ4n) is 4.85. The lowest BCUT2D eigenvalue weighted by Gasteiger charge is -2.43. The Kier molecular flexibility index (Phi) is 6.39. The van der Waals surface area contributed by atoms with Gasteiger partial charge in [-0.15, -0.1) is 0 Å². The number of carbonyl (C=O) groups is 1. The lowest BCUT2D eigenvalue weighted by atomic mass is 9.91. The van der Waals surface area contributed by atoms with Gasteiger partial charge in [0.1, 0.15) is 0 Å². The number of nitrogens with zero attached hydrogens (tertiary/aromatic N) is 5. The first-order valence-corrected chi connectivity index (χ1v) is 11.7. The van der Waals surface area contributed by atoms with Gasteiger partial charge in [0.05, 0.1) is 5.69 Å². The minimum atomic E-state index is -1.12. The van der Waals surface area contributed by atoms with Gasteiger partial charge in [-0.25, -0.2) is 18.7 Å². The Hall–Kier alpha value is -2.81. The van der Waals surface area contributed by atoms with Crippen LogP contribution in [-0.2, 0) is 12.8 Å². The molecule has 0 atom stereocenters. The predicted octanol–water partition coefficient (Wildman–Crippen LogP) is 2.84. The zero-order valence-electron chi connectivity index (χ0n) is 18.7. The van der Waals surface area contributed by atoms with Crippen LogP contribution < -0.4 is 9.64 Å².